The molecule has 1 aromatic heterocycles. The van der Waals surface area contributed by atoms with E-state index in [1.807, 2.05) is 22.6 Å². The van der Waals surface area contributed by atoms with E-state index >= 15 is 0 Å². The van der Waals surface area contributed by atoms with Gasteiger partial charge in [0.1, 0.15) is 6.54 Å². The van der Waals surface area contributed by atoms with E-state index in [1.165, 1.54) is 4.68 Å². The Bertz CT molecular complexity index is 339. The molecule has 0 unspecified atom stereocenters. The largest absolute Gasteiger partial charge is 0.378 e. The molecule has 0 saturated carbocycles. The Labute approximate surface area is 101 Å². The Balaban J connectivity index is 2.57. The Hall–Kier alpha value is -0.730. The molecule has 0 atom stereocenters. The van der Waals surface area contributed by atoms with Crippen LogP contribution in [-0.2, 0) is 6.54 Å². The zero-order chi connectivity index (χ0) is 11.3. The fourth-order valence-electron chi connectivity index (χ4n) is 1.30. The molecule has 0 spiro atoms. The van der Waals surface area contributed by atoms with Crippen LogP contribution in [0.4, 0.5) is 5.82 Å². The van der Waals surface area contributed by atoms with Gasteiger partial charge >= 0.3 is 5.82 Å². The van der Waals surface area contributed by atoms with Gasteiger partial charge in [0, 0.05) is 5.21 Å². The van der Waals surface area contributed by atoms with E-state index in [-0.39, 0.29) is 5.82 Å². The number of halogens is 1. The van der Waals surface area contributed by atoms with Crippen molar-refractivity contribution in [1.82, 2.24) is 15.0 Å². The third-order valence-corrected chi connectivity index (χ3v) is 2.76. The molecule has 7 heteroatoms. The standard InChI is InChI=1S/C8H13IN4O2/c1-2-3-4-5-6-12-8(13(14)15)7(9)10-11-12/h2-6H2,1H3. The third kappa shape index (κ3) is 3.40. The van der Waals surface area contributed by atoms with Gasteiger partial charge in [-0.25, -0.2) is 0 Å². The number of aryl methyl sites for hydroxylation is 1. The van der Waals surface area contributed by atoms with E-state index in [1.54, 1.807) is 0 Å². The molecule has 15 heavy (non-hydrogen) atoms. The molecule has 0 aliphatic carbocycles. The van der Waals surface area contributed by atoms with Crippen LogP contribution in [0.15, 0.2) is 0 Å². The van der Waals surface area contributed by atoms with E-state index in [4.69, 9.17) is 0 Å². The van der Waals surface area contributed by atoms with Crippen LogP contribution in [-0.4, -0.2) is 19.9 Å². The summed E-state index contributed by atoms with van der Waals surface area (Å²) in [4.78, 5) is 10.3. The first-order chi connectivity index (χ1) is 7.16. The summed E-state index contributed by atoms with van der Waals surface area (Å²) < 4.78 is 1.73. The van der Waals surface area contributed by atoms with Crippen molar-refractivity contribution in [2.24, 2.45) is 0 Å². The van der Waals surface area contributed by atoms with Crippen LogP contribution in [0.5, 0.6) is 0 Å². The van der Waals surface area contributed by atoms with E-state index in [9.17, 15) is 10.1 Å². The maximum Gasteiger partial charge on any atom is 0.378 e. The van der Waals surface area contributed by atoms with Gasteiger partial charge in [-0.1, -0.05) is 24.9 Å². The molecule has 1 aromatic rings. The number of hydrogen-bond donors (Lipinski definition) is 0. The molecule has 1 heterocycles. The van der Waals surface area contributed by atoms with Gasteiger partial charge in [0.2, 0.25) is 3.70 Å². The number of unbranched alkanes of at least 4 members (excludes halogenated alkanes) is 3. The van der Waals surface area contributed by atoms with E-state index in [2.05, 4.69) is 17.2 Å². The monoisotopic (exact) mass is 324 g/mol. The lowest BCUT2D eigenvalue weighted by molar-refractivity contribution is -0.393. The second-order valence-electron chi connectivity index (χ2n) is 3.24. The molecule has 0 fully saturated rings. The van der Waals surface area contributed by atoms with E-state index in [0.29, 0.717) is 10.2 Å². The predicted octanol–water partition coefficient (Wildman–Crippen LogP) is 2.37. The maximum atomic E-state index is 10.7. The van der Waals surface area contributed by atoms with Gasteiger partial charge in [0.15, 0.2) is 0 Å². The Morgan fingerprint density at radius 2 is 2.20 bits per heavy atom. The fraction of sp³-hybridized carbons (Fsp3) is 0.750. The Morgan fingerprint density at radius 1 is 1.47 bits per heavy atom. The van der Waals surface area contributed by atoms with Crippen molar-refractivity contribution in [3.8, 4) is 0 Å². The average Bonchev–Trinajstić information content (AvgIpc) is 2.54. The Kier molecular flexibility index (Phi) is 4.92. The SMILES string of the molecule is CCCCCCn1nnc(I)c1[N+](=O)[O-]. The van der Waals surface area contributed by atoms with E-state index in [0.717, 1.165) is 25.7 Å². The molecule has 0 radical (unpaired) electrons. The van der Waals surface area contributed by atoms with Crippen molar-refractivity contribution in [2.75, 3.05) is 0 Å². The van der Waals surface area contributed by atoms with Crippen molar-refractivity contribution < 1.29 is 4.92 Å². The van der Waals surface area contributed by atoms with Crippen molar-refractivity contribution >= 4 is 28.4 Å². The highest BCUT2D eigenvalue weighted by molar-refractivity contribution is 14.1. The third-order valence-electron chi connectivity index (χ3n) is 2.07. The van der Waals surface area contributed by atoms with Crippen LogP contribution in [0.2, 0.25) is 0 Å². The van der Waals surface area contributed by atoms with E-state index < -0.39 is 4.92 Å². The van der Waals surface area contributed by atoms with Crippen LogP contribution in [0, 0.1) is 13.8 Å². The first kappa shape index (κ1) is 12.3. The second-order valence-corrected chi connectivity index (χ2v) is 4.27. The number of nitrogens with zero attached hydrogens (tertiary/aromatic N) is 4. The summed E-state index contributed by atoms with van der Waals surface area (Å²) in [5.74, 6) is 0.00657. The molecule has 6 nitrogen and oxygen atoms in total. The Morgan fingerprint density at radius 3 is 2.80 bits per heavy atom. The van der Waals surface area contributed by atoms with Crippen LogP contribution < -0.4 is 0 Å². The lowest BCUT2D eigenvalue weighted by atomic mass is 10.2. The topological polar surface area (TPSA) is 73.8 Å². The van der Waals surface area contributed by atoms with Crippen LogP contribution in [0.25, 0.3) is 0 Å². The average molecular weight is 324 g/mol. The van der Waals surface area contributed by atoms with Crippen LogP contribution in [0.1, 0.15) is 32.6 Å². The minimum Gasteiger partial charge on any atom is -0.358 e. The summed E-state index contributed by atoms with van der Waals surface area (Å²) in [6.07, 6.45) is 4.29. The molecular weight excluding hydrogens is 311 g/mol. The minimum absolute atomic E-state index is 0.00657. The zero-order valence-corrected chi connectivity index (χ0v) is 10.7. The predicted molar refractivity (Wildman–Crippen MR) is 63.5 cm³/mol. The molecule has 0 saturated heterocycles. The summed E-state index contributed by atoms with van der Waals surface area (Å²) >= 11 is 1.83. The van der Waals surface area contributed by atoms with Crippen LogP contribution in [0.3, 0.4) is 0 Å². The van der Waals surface area contributed by atoms with Crippen molar-refractivity contribution in [2.45, 2.75) is 39.2 Å². The van der Waals surface area contributed by atoms with Gasteiger partial charge in [-0.05, 0) is 40.4 Å². The van der Waals surface area contributed by atoms with Crippen LogP contribution >= 0.6 is 22.6 Å². The quantitative estimate of drug-likeness (QED) is 0.348. The van der Waals surface area contributed by atoms with Gasteiger partial charge in [0.05, 0.1) is 0 Å². The molecule has 0 N–H and O–H groups in total. The number of nitro groups is 1. The number of hydrogen-bond acceptors (Lipinski definition) is 4. The lowest BCUT2D eigenvalue weighted by Gasteiger charge is -1.98. The van der Waals surface area contributed by atoms with Gasteiger partial charge < -0.3 is 10.1 Å². The zero-order valence-electron chi connectivity index (χ0n) is 8.52. The molecule has 0 aliphatic rings. The molecule has 0 aliphatic heterocycles. The molecule has 84 valence electrons. The molecule has 1 rings (SSSR count). The molecule has 0 amide bonds. The summed E-state index contributed by atoms with van der Waals surface area (Å²) in [6.45, 7) is 2.70. The first-order valence-electron chi connectivity index (χ1n) is 4.90. The second kappa shape index (κ2) is 5.99. The van der Waals surface area contributed by atoms with Gasteiger partial charge in [0.25, 0.3) is 0 Å². The highest BCUT2D eigenvalue weighted by Gasteiger charge is 2.21. The van der Waals surface area contributed by atoms with Gasteiger partial charge in [-0.2, -0.15) is 0 Å². The highest BCUT2D eigenvalue weighted by atomic mass is 127. The number of aromatic nitrogens is 3. The summed E-state index contributed by atoms with van der Waals surface area (Å²) in [5.41, 5.74) is 0. The van der Waals surface area contributed by atoms with Gasteiger partial charge in [-0.3, -0.25) is 0 Å². The highest BCUT2D eigenvalue weighted by Crippen LogP contribution is 2.17. The lowest BCUT2D eigenvalue weighted by Crippen LogP contribution is -2.05. The van der Waals surface area contributed by atoms with Crippen molar-refractivity contribution in [1.29, 1.82) is 0 Å². The van der Waals surface area contributed by atoms with Crippen molar-refractivity contribution in [3.05, 3.63) is 13.8 Å². The maximum absolute atomic E-state index is 10.7. The molecular formula is C8H13IN4O2. The minimum atomic E-state index is -0.429. The summed E-state index contributed by atoms with van der Waals surface area (Å²) in [6, 6.07) is 0. The molecule has 0 aromatic carbocycles. The fourth-order valence-corrected chi connectivity index (χ4v) is 1.87. The molecule has 0 bridgehead atoms. The van der Waals surface area contributed by atoms with Crippen molar-refractivity contribution in [3.63, 3.8) is 0 Å². The van der Waals surface area contributed by atoms with Gasteiger partial charge in [-0.15, -0.1) is 4.68 Å². The summed E-state index contributed by atoms with van der Waals surface area (Å²) in [5, 5.41) is 18.1. The first-order valence-corrected chi connectivity index (χ1v) is 5.98. The normalized spacial score (nSPS) is 10.5. The smallest absolute Gasteiger partial charge is 0.358 e. The number of rotatable bonds is 6. The summed E-state index contributed by atoms with van der Waals surface area (Å²) in [7, 11) is 0.